The predicted octanol–water partition coefficient (Wildman–Crippen LogP) is 6.66. The third-order valence-electron chi connectivity index (χ3n) is 5.05. The minimum atomic E-state index is 0. The summed E-state index contributed by atoms with van der Waals surface area (Å²) in [7, 11) is 0. The summed E-state index contributed by atoms with van der Waals surface area (Å²) >= 11 is 3.69. The minimum Gasteiger partial charge on any atom is -0.490 e. The topological polar surface area (TPSA) is 30.5 Å². The molecule has 0 aromatic heterocycles. The summed E-state index contributed by atoms with van der Waals surface area (Å²) in [5.41, 5.74) is 2.37. The van der Waals surface area contributed by atoms with Gasteiger partial charge >= 0.3 is 0 Å². The molecule has 0 unspecified atom stereocenters. The molecule has 2 aromatic carbocycles. The van der Waals surface area contributed by atoms with E-state index >= 15 is 0 Å². The van der Waals surface area contributed by atoms with Crippen molar-refractivity contribution >= 4 is 28.3 Å². The van der Waals surface area contributed by atoms with Crippen molar-refractivity contribution in [2.45, 2.75) is 64.6 Å². The molecule has 0 spiro atoms. The van der Waals surface area contributed by atoms with Gasteiger partial charge in [0.2, 0.25) is 0 Å². The molecule has 2 aromatic rings. The van der Waals surface area contributed by atoms with Gasteiger partial charge in [-0.25, -0.2) is 0 Å². The zero-order valence-corrected chi connectivity index (χ0v) is 19.0. The van der Waals surface area contributed by atoms with Crippen LogP contribution in [0.4, 0.5) is 0 Å². The number of hydrogen-bond acceptors (Lipinski definition) is 3. The van der Waals surface area contributed by atoms with E-state index in [-0.39, 0.29) is 12.4 Å². The van der Waals surface area contributed by atoms with Gasteiger partial charge in [0, 0.05) is 12.6 Å². The Morgan fingerprint density at radius 2 is 1.68 bits per heavy atom. The zero-order valence-electron chi connectivity index (χ0n) is 16.6. The van der Waals surface area contributed by atoms with E-state index in [1.54, 1.807) is 0 Å². The summed E-state index contributed by atoms with van der Waals surface area (Å²) in [5.74, 6) is 1.58. The fourth-order valence-corrected chi connectivity index (χ4v) is 4.21. The van der Waals surface area contributed by atoms with Gasteiger partial charge in [-0.15, -0.1) is 12.4 Å². The molecule has 1 aliphatic carbocycles. The lowest BCUT2D eigenvalue weighted by Crippen LogP contribution is -2.27. The molecule has 1 aliphatic rings. The Morgan fingerprint density at radius 1 is 0.964 bits per heavy atom. The number of benzene rings is 2. The Kier molecular flexibility index (Phi) is 10.2. The average molecular weight is 469 g/mol. The van der Waals surface area contributed by atoms with E-state index in [2.05, 4.69) is 45.5 Å². The van der Waals surface area contributed by atoms with Gasteiger partial charge < -0.3 is 14.8 Å². The summed E-state index contributed by atoms with van der Waals surface area (Å²) in [6.07, 6.45) is 8.03. The molecule has 0 atom stereocenters. The zero-order chi connectivity index (χ0) is 18.9. The van der Waals surface area contributed by atoms with Crippen LogP contribution in [-0.2, 0) is 13.2 Å². The van der Waals surface area contributed by atoms with Crippen LogP contribution in [0.2, 0.25) is 0 Å². The number of hydrogen-bond donors (Lipinski definition) is 1. The first kappa shape index (κ1) is 23.1. The number of nitrogens with one attached hydrogen (secondary N) is 1. The molecule has 0 saturated heterocycles. The monoisotopic (exact) mass is 467 g/mol. The maximum atomic E-state index is 6.08. The second kappa shape index (κ2) is 12.4. The Balaban J connectivity index is 0.00000280. The van der Waals surface area contributed by atoms with Gasteiger partial charge in [-0.2, -0.15) is 0 Å². The highest BCUT2D eigenvalue weighted by atomic mass is 79.9. The first-order valence-electron chi connectivity index (χ1n) is 10.1. The Morgan fingerprint density at radius 3 is 2.36 bits per heavy atom. The van der Waals surface area contributed by atoms with Crippen molar-refractivity contribution in [3.8, 4) is 11.5 Å². The van der Waals surface area contributed by atoms with Crippen LogP contribution in [0, 0.1) is 0 Å². The van der Waals surface area contributed by atoms with Crippen molar-refractivity contribution < 1.29 is 9.47 Å². The van der Waals surface area contributed by atoms with E-state index in [0.717, 1.165) is 28.1 Å². The number of ether oxygens (including phenoxy) is 2. The molecular weight excluding hydrogens is 438 g/mol. The van der Waals surface area contributed by atoms with Crippen LogP contribution in [-0.4, -0.2) is 12.6 Å². The van der Waals surface area contributed by atoms with Crippen molar-refractivity contribution in [1.82, 2.24) is 5.32 Å². The summed E-state index contributed by atoms with van der Waals surface area (Å²) in [4.78, 5) is 0. The van der Waals surface area contributed by atoms with E-state index in [0.29, 0.717) is 19.3 Å². The molecule has 1 fully saturated rings. The largest absolute Gasteiger partial charge is 0.490 e. The van der Waals surface area contributed by atoms with E-state index in [9.17, 15) is 0 Å². The highest BCUT2D eigenvalue weighted by Crippen LogP contribution is 2.37. The highest BCUT2D eigenvalue weighted by molar-refractivity contribution is 9.10. The summed E-state index contributed by atoms with van der Waals surface area (Å²) in [6, 6.07) is 15.1. The molecule has 154 valence electrons. The van der Waals surface area contributed by atoms with Crippen LogP contribution in [0.3, 0.4) is 0 Å². The van der Waals surface area contributed by atoms with Crippen molar-refractivity contribution in [3.63, 3.8) is 0 Å². The third kappa shape index (κ3) is 6.98. The number of rotatable bonds is 8. The van der Waals surface area contributed by atoms with Gasteiger partial charge in [0.1, 0.15) is 6.61 Å². The molecule has 0 radical (unpaired) electrons. The third-order valence-corrected chi connectivity index (χ3v) is 5.63. The first-order chi connectivity index (χ1) is 13.3. The molecule has 3 nitrogen and oxygen atoms in total. The van der Waals surface area contributed by atoms with Gasteiger partial charge in [0.25, 0.3) is 0 Å². The predicted molar refractivity (Wildman–Crippen MR) is 122 cm³/mol. The van der Waals surface area contributed by atoms with E-state index < -0.39 is 0 Å². The fourth-order valence-electron chi connectivity index (χ4n) is 3.60. The molecule has 1 N–H and O–H groups in total. The van der Waals surface area contributed by atoms with E-state index in [1.165, 1.54) is 44.1 Å². The van der Waals surface area contributed by atoms with Crippen LogP contribution < -0.4 is 14.8 Å². The Labute approximate surface area is 183 Å². The van der Waals surface area contributed by atoms with Crippen molar-refractivity contribution in [2.24, 2.45) is 0 Å². The van der Waals surface area contributed by atoms with Crippen molar-refractivity contribution in [2.75, 3.05) is 6.61 Å². The number of halogens is 2. The molecule has 0 heterocycles. The molecule has 5 heteroatoms. The van der Waals surface area contributed by atoms with Crippen LogP contribution in [0.25, 0.3) is 0 Å². The Bertz CT molecular complexity index is 703. The molecule has 0 bridgehead atoms. The van der Waals surface area contributed by atoms with Crippen LogP contribution in [0.5, 0.6) is 11.5 Å². The van der Waals surface area contributed by atoms with Crippen molar-refractivity contribution in [1.29, 1.82) is 0 Å². The molecular formula is C23H31BrClNO2. The molecule has 28 heavy (non-hydrogen) atoms. The molecule has 0 aliphatic heterocycles. The lowest BCUT2D eigenvalue weighted by molar-refractivity contribution is 0.267. The van der Waals surface area contributed by atoms with Crippen molar-refractivity contribution in [3.05, 3.63) is 58.1 Å². The maximum absolute atomic E-state index is 6.08. The van der Waals surface area contributed by atoms with E-state index in [1.807, 2.05) is 25.1 Å². The van der Waals surface area contributed by atoms with E-state index in [4.69, 9.17) is 9.47 Å². The van der Waals surface area contributed by atoms with Crippen LogP contribution >= 0.6 is 28.3 Å². The lowest BCUT2D eigenvalue weighted by Gasteiger charge is -2.18. The van der Waals surface area contributed by atoms with Gasteiger partial charge in [0.05, 0.1) is 11.1 Å². The van der Waals surface area contributed by atoms with Gasteiger partial charge in [0.15, 0.2) is 11.5 Å². The fraction of sp³-hybridized carbons (Fsp3) is 0.478. The minimum absolute atomic E-state index is 0. The van der Waals surface area contributed by atoms with Gasteiger partial charge in [-0.3, -0.25) is 0 Å². The first-order valence-corrected chi connectivity index (χ1v) is 10.9. The highest BCUT2D eigenvalue weighted by Gasteiger charge is 2.15. The summed E-state index contributed by atoms with van der Waals surface area (Å²) in [5, 5.41) is 3.73. The standard InChI is InChI=1S/C23H30BrNO2.ClH/c1-2-26-22-15-19(16-25-20-12-8-3-4-9-13-20)14-21(24)23(22)27-17-18-10-6-5-7-11-18;/h5-7,10-11,14-15,20,25H,2-4,8-9,12-13,16-17H2,1H3;1H. The van der Waals surface area contributed by atoms with Gasteiger partial charge in [-0.05, 0) is 59.0 Å². The summed E-state index contributed by atoms with van der Waals surface area (Å²) < 4.78 is 12.9. The SMILES string of the molecule is CCOc1cc(CNC2CCCCCC2)cc(Br)c1OCc1ccccc1.Cl. The lowest BCUT2D eigenvalue weighted by atomic mass is 10.1. The van der Waals surface area contributed by atoms with Gasteiger partial charge in [-0.1, -0.05) is 56.0 Å². The second-order valence-electron chi connectivity index (χ2n) is 7.18. The normalized spacial score (nSPS) is 14.8. The smallest absolute Gasteiger partial charge is 0.175 e. The molecule has 3 rings (SSSR count). The molecule has 0 amide bonds. The second-order valence-corrected chi connectivity index (χ2v) is 8.04. The maximum Gasteiger partial charge on any atom is 0.175 e. The quantitative estimate of drug-likeness (QED) is 0.439. The van der Waals surface area contributed by atoms with Crippen LogP contribution in [0.15, 0.2) is 46.9 Å². The molecule has 1 saturated carbocycles. The summed E-state index contributed by atoms with van der Waals surface area (Å²) in [6.45, 7) is 4.01. The van der Waals surface area contributed by atoms with Crippen LogP contribution in [0.1, 0.15) is 56.6 Å². The Hall–Kier alpha value is -1.23. The average Bonchev–Trinajstić information content (AvgIpc) is 2.96.